The number of Topliss-reactive ketones (excluding diaryl/α,β-unsaturated/α-hetero) is 1. The number of amides is 1. The molecule has 43 heavy (non-hydrogen) atoms. The Morgan fingerprint density at radius 1 is 1.02 bits per heavy atom. The molecule has 1 amide bonds. The van der Waals surface area contributed by atoms with Gasteiger partial charge in [0, 0.05) is 43.8 Å². The molecule has 0 radical (unpaired) electrons. The van der Waals surface area contributed by atoms with Crippen molar-refractivity contribution in [2.24, 2.45) is 0 Å². The average Bonchev–Trinajstić information content (AvgIpc) is 3.14. The molecule has 3 aromatic rings. The fraction of sp³-hybridized carbons (Fsp3) is 0.343. The molecule has 1 N–H and O–H groups in total. The van der Waals surface area contributed by atoms with Crippen LogP contribution in [0.1, 0.15) is 62.3 Å². The summed E-state index contributed by atoms with van der Waals surface area (Å²) in [6, 6.07) is 21.2. The van der Waals surface area contributed by atoms with E-state index in [1.807, 2.05) is 67.6 Å². The van der Waals surface area contributed by atoms with Crippen LogP contribution in [0, 0.1) is 6.92 Å². The quantitative estimate of drug-likeness (QED) is 0.312. The summed E-state index contributed by atoms with van der Waals surface area (Å²) in [4.78, 5) is 42.8. The third-order valence-corrected chi connectivity index (χ3v) is 8.38. The van der Waals surface area contributed by atoms with Crippen molar-refractivity contribution >= 4 is 34.7 Å². The van der Waals surface area contributed by atoms with Gasteiger partial charge in [0.05, 0.1) is 31.1 Å². The molecule has 2 unspecified atom stereocenters. The van der Waals surface area contributed by atoms with Gasteiger partial charge in [-0.25, -0.2) is 0 Å². The molecular weight excluding hydrogens is 542 g/mol. The van der Waals surface area contributed by atoms with E-state index in [4.69, 9.17) is 9.47 Å². The van der Waals surface area contributed by atoms with Gasteiger partial charge in [0.2, 0.25) is 5.91 Å². The summed E-state index contributed by atoms with van der Waals surface area (Å²) in [5.41, 5.74) is 6.95. The van der Waals surface area contributed by atoms with Crippen LogP contribution in [0.25, 0.3) is 0 Å². The van der Waals surface area contributed by atoms with Gasteiger partial charge in [-0.1, -0.05) is 30.3 Å². The van der Waals surface area contributed by atoms with Gasteiger partial charge < -0.3 is 19.7 Å². The SMILES string of the molecule is CCN(CCOC(C)=O)c1ccc(C2C3=C(CC(c4ccc(OC)cc4)CC3=O)Nc3ccccc3N2C(C)=O)c(C)c1. The third-order valence-electron chi connectivity index (χ3n) is 8.38. The molecule has 1 aliphatic carbocycles. The van der Waals surface area contributed by atoms with Crippen LogP contribution in [0.3, 0.4) is 0 Å². The molecule has 0 saturated heterocycles. The zero-order valence-corrected chi connectivity index (χ0v) is 25.5. The van der Waals surface area contributed by atoms with Crippen molar-refractivity contribution in [1.29, 1.82) is 0 Å². The number of anilines is 3. The van der Waals surface area contributed by atoms with E-state index in [-0.39, 0.29) is 23.6 Å². The molecule has 1 heterocycles. The summed E-state index contributed by atoms with van der Waals surface area (Å²) in [6.07, 6.45) is 0.989. The average molecular weight is 582 g/mol. The second-order valence-corrected chi connectivity index (χ2v) is 11.1. The molecule has 8 nitrogen and oxygen atoms in total. The molecule has 3 aromatic carbocycles. The Kier molecular flexibility index (Phi) is 8.85. The van der Waals surface area contributed by atoms with Crippen LogP contribution < -0.4 is 19.9 Å². The van der Waals surface area contributed by atoms with Gasteiger partial charge >= 0.3 is 5.97 Å². The lowest BCUT2D eigenvalue weighted by molar-refractivity contribution is -0.140. The van der Waals surface area contributed by atoms with E-state index >= 15 is 0 Å². The standard InChI is InChI=1S/C35H39N3O5/c1-6-37(17-18-43-24(4)40)27-13-16-29(22(2)19-27)35-34-31(36-30-9-7-8-10-32(30)38(35)23(3)39)20-26(21-33(34)41)25-11-14-28(42-5)15-12-25/h7-16,19,26,35-36H,6,17-18,20-21H2,1-5H3. The normalized spacial score (nSPS) is 17.8. The van der Waals surface area contributed by atoms with E-state index in [2.05, 4.69) is 23.2 Å². The van der Waals surface area contributed by atoms with E-state index in [1.165, 1.54) is 6.92 Å². The Balaban J connectivity index is 1.59. The van der Waals surface area contributed by atoms with Crippen molar-refractivity contribution in [3.05, 3.63) is 94.7 Å². The monoisotopic (exact) mass is 581 g/mol. The van der Waals surface area contributed by atoms with Crippen LogP contribution in [-0.2, 0) is 19.1 Å². The van der Waals surface area contributed by atoms with Crippen molar-refractivity contribution in [1.82, 2.24) is 0 Å². The van der Waals surface area contributed by atoms with Crippen LogP contribution in [0.15, 0.2) is 78.0 Å². The fourth-order valence-corrected chi connectivity index (χ4v) is 6.28. The maximum absolute atomic E-state index is 14.2. The number of hydrogen-bond donors (Lipinski definition) is 1. The van der Waals surface area contributed by atoms with Gasteiger partial charge in [0.25, 0.3) is 0 Å². The van der Waals surface area contributed by atoms with E-state index in [1.54, 1.807) is 18.9 Å². The van der Waals surface area contributed by atoms with Crippen LogP contribution in [0.2, 0.25) is 0 Å². The first-order valence-corrected chi connectivity index (χ1v) is 14.8. The maximum atomic E-state index is 14.2. The van der Waals surface area contributed by atoms with Gasteiger partial charge in [-0.3, -0.25) is 19.3 Å². The third kappa shape index (κ3) is 6.14. The van der Waals surface area contributed by atoms with Crippen LogP contribution >= 0.6 is 0 Å². The lowest BCUT2D eigenvalue weighted by Gasteiger charge is -2.35. The molecule has 0 bridgehead atoms. The van der Waals surface area contributed by atoms with Gasteiger partial charge in [-0.05, 0) is 79.3 Å². The number of nitrogens with one attached hydrogen (secondary N) is 1. The fourth-order valence-electron chi connectivity index (χ4n) is 6.28. The number of likely N-dealkylation sites (N-methyl/N-ethyl adjacent to an activating group) is 1. The van der Waals surface area contributed by atoms with E-state index in [0.717, 1.165) is 51.7 Å². The molecule has 0 saturated carbocycles. The minimum absolute atomic E-state index is 0.000142. The lowest BCUT2D eigenvalue weighted by Crippen LogP contribution is -2.37. The molecule has 2 atom stereocenters. The summed E-state index contributed by atoms with van der Waals surface area (Å²) >= 11 is 0. The number of aryl methyl sites for hydroxylation is 1. The summed E-state index contributed by atoms with van der Waals surface area (Å²) in [5.74, 6) is 0.359. The number of hydrogen-bond acceptors (Lipinski definition) is 7. The Labute approximate surface area is 253 Å². The molecular formula is C35H39N3O5. The van der Waals surface area contributed by atoms with Gasteiger partial charge in [0.1, 0.15) is 12.4 Å². The number of carbonyl (C=O) groups excluding carboxylic acids is 3. The number of methoxy groups -OCH3 is 1. The van der Waals surface area contributed by atoms with Crippen molar-refractivity contribution in [3.63, 3.8) is 0 Å². The molecule has 0 spiro atoms. The number of allylic oxidation sites excluding steroid dienone is 1. The summed E-state index contributed by atoms with van der Waals surface area (Å²) in [5, 5.41) is 3.58. The van der Waals surface area contributed by atoms with Crippen LogP contribution in [0.4, 0.5) is 17.1 Å². The molecule has 5 rings (SSSR count). The van der Waals surface area contributed by atoms with Crippen molar-refractivity contribution in [2.45, 2.75) is 52.5 Å². The first-order chi connectivity index (χ1) is 20.7. The number of para-hydroxylation sites is 2. The number of carbonyl (C=O) groups is 3. The number of rotatable bonds is 8. The van der Waals surface area contributed by atoms with E-state index < -0.39 is 6.04 Å². The highest BCUT2D eigenvalue weighted by molar-refractivity contribution is 6.06. The second kappa shape index (κ2) is 12.7. The molecule has 2 aliphatic rings. The topological polar surface area (TPSA) is 88.2 Å². The Morgan fingerprint density at radius 2 is 1.77 bits per heavy atom. The van der Waals surface area contributed by atoms with Crippen molar-refractivity contribution in [3.8, 4) is 5.75 Å². The van der Waals surface area contributed by atoms with E-state index in [0.29, 0.717) is 31.6 Å². The Hall–Kier alpha value is -4.59. The van der Waals surface area contributed by atoms with Gasteiger partial charge in [-0.2, -0.15) is 0 Å². The minimum atomic E-state index is -0.585. The van der Waals surface area contributed by atoms with Gasteiger partial charge in [0.15, 0.2) is 5.78 Å². The zero-order chi connectivity index (χ0) is 30.7. The highest BCUT2D eigenvalue weighted by Crippen LogP contribution is 2.48. The first-order valence-electron chi connectivity index (χ1n) is 14.8. The van der Waals surface area contributed by atoms with Crippen LogP contribution in [0.5, 0.6) is 5.75 Å². The summed E-state index contributed by atoms with van der Waals surface area (Å²) < 4.78 is 10.5. The maximum Gasteiger partial charge on any atom is 0.302 e. The number of benzene rings is 3. The number of ether oxygens (including phenoxy) is 2. The molecule has 0 aromatic heterocycles. The predicted octanol–water partition coefficient (Wildman–Crippen LogP) is 6.31. The van der Waals surface area contributed by atoms with Crippen molar-refractivity contribution < 1.29 is 23.9 Å². The molecule has 0 fully saturated rings. The van der Waals surface area contributed by atoms with Crippen molar-refractivity contribution in [2.75, 3.05) is 41.9 Å². The number of esters is 1. The Morgan fingerprint density at radius 3 is 2.42 bits per heavy atom. The predicted molar refractivity (Wildman–Crippen MR) is 169 cm³/mol. The van der Waals surface area contributed by atoms with Crippen LogP contribution in [-0.4, -0.2) is 44.5 Å². The molecule has 8 heteroatoms. The minimum Gasteiger partial charge on any atom is -0.497 e. The Bertz CT molecular complexity index is 1560. The zero-order valence-electron chi connectivity index (χ0n) is 25.5. The number of fused-ring (bicyclic) bond motifs is 1. The summed E-state index contributed by atoms with van der Waals surface area (Å²) in [6.45, 7) is 8.64. The second-order valence-electron chi connectivity index (χ2n) is 11.1. The number of nitrogens with zero attached hydrogens (tertiary/aromatic N) is 2. The largest absolute Gasteiger partial charge is 0.497 e. The first kappa shape index (κ1) is 29.9. The van der Waals surface area contributed by atoms with Gasteiger partial charge in [-0.15, -0.1) is 0 Å². The smallest absolute Gasteiger partial charge is 0.302 e. The highest BCUT2D eigenvalue weighted by atomic mass is 16.5. The molecule has 1 aliphatic heterocycles. The highest BCUT2D eigenvalue weighted by Gasteiger charge is 2.41. The van der Waals surface area contributed by atoms with E-state index in [9.17, 15) is 14.4 Å². The lowest BCUT2D eigenvalue weighted by atomic mass is 9.77. The summed E-state index contributed by atoms with van der Waals surface area (Å²) in [7, 11) is 1.64. The number of ketones is 1. The molecule has 224 valence electrons.